The molecule has 4 heteroatoms. The van der Waals surface area contributed by atoms with Crippen molar-refractivity contribution >= 4 is 0 Å². The molecule has 0 spiro atoms. The third-order valence-corrected chi connectivity index (χ3v) is 4.61. The van der Waals surface area contributed by atoms with E-state index in [2.05, 4.69) is 17.1 Å². The van der Waals surface area contributed by atoms with Crippen molar-refractivity contribution in [1.82, 2.24) is 10.2 Å². The van der Waals surface area contributed by atoms with Gasteiger partial charge in [0.15, 0.2) is 0 Å². The van der Waals surface area contributed by atoms with E-state index in [9.17, 15) is 5.11 Å². The minimum Gasteiger partial charge on any atom is -0.393 e. The smallest absolute Gasteiger partial charge is 0.0552 e. The summed E-state index contributed by atoms with van der Waals surface area (Å²) in [6.07, 6.45) is 3.30. The number of nitrogens with one attached hydrogen (secondary N) is 1. The van der Waals surface area contributed by atoms with Crippen LogP contribution in [0.1, 0.15) is 33.1 Å². The number of aliphatic hydroxyl groups excluding tert-OH is 1. The minimum absolute atomic E-state index is 0.165. The van der Waals surface area contributed by atoms with Crippen LogP contribution in [0.2, 0.25) is 0 Å². The van der Waals surface area contributed by atoms with Gasteiger partial charge in [0.2, 0.25) is 0 Å². The quantitative estimate of drug-likeness (QED) is 0.758. The number of nitrogens with zero attached hydrogens (tertiary/aromatic N) is 1. The molecule has 0 aromatic rings. The number of hydrogen-bond acceptors (Lipinski definition) is 4. The van der Waals surface area contributed by atoms with Gasteiger partial charge in [0.05, 0.1) is 12.7 Å². The standard InChI is InChI=1S/C15H30N2O2/c1-3-6-16-15-5-8-19-11-14(15)10-17-7-4-13(9-17)12(2)18/h12-16,18H,3-11H2,1-2H3. The monoisotopic (exact) mass is 270 g/mol. The van der Waals surface area contributed by atoms with E-state index in [1.165, 1.54) is 6.42 Å². The van der Waals surface area contributed by atoms with E-state index < -0.39 is 0 Å². The number of aliphatic hydroxyl groups is 1. The minimum atomic E-state index is -0.165. The van der Waals surface area contributed by atoms with Crippen LogP contribution in [-0.2, 0) is 4.74 Å². The van der Waals surface area contributed by atoms with Crippen LogP contribution < -0.4 is 5.32 Å². The first-order valence-corrected chi connectivity index (χ1v) is 7.92. The van der Waals surface area contributed by atoms with Gasteiger partial charge in [-0.05, 0) is 45.2 Å². The molecule has 2 fully saturated rings. The van der Waals surface area contributed by atoms with Gasteiger partial charge in [0.25, 0.3) is 0 Å². The number of rotatable bonds is 6. The fourth-order valence-electron chi connectivity index (χ4n) is 3.33. The molecule has 0 aliphatic carbocycles. The van der Waals surface area contributed by atoms with E-state index >= 15 is 0 Å². The molecule has 0 radical (unpaired) electrons. The van der Waals surface area contributed by atoms with Crippen LogP contribution in [-0.4, -0.2) is 61.5 Å². The Labute approximate surface area is 117 Å². The highest BCUT2D eigenvalue weighted by molar-refractivity contribution is 4.86. The highest BCUT2D eigenvalue weighted by Crippen LogP contribution is 2.23. The van der Waals surface area contributed by atoms with E-state index in [1.54, 1.807) is 0 Å². The second kappa shape index (κ2) is 7.58. The summed E-state index contributed by atoms with van der Waals surface area (Å²) in [6, 6.07) is 0.610. The molecule has 2 aliphatic heterocycles. The van der Waals surface area contributed by atoms with Gasteiger partial charge in [0.1, 0.15) is 0 Å². The molecule has 4 nitrogen and oxygen atoms in total. The summed E-state index contributed by atoms with van der Waals surface area (Å²) in [5.41, 5.74) is 0. The number of hydrogen-bond donors (Lipinski definition) is 2. The molecule has 0 saturated carbocycles. The Hall–Kier alpha value is -0.160. The van der Waals surface area contributed by atoms with E-state index in [4.69, 9.17) is 4.74 Å². The van der Waals surface area contributed by atoms with Crippen LogP contribution in [0.25, 0.3) is 0 Å². The van der Waals surface area contributed by atoms with E-state index in [-0.39, 0.29) is 6.10 Å². The van der Waals surface area contributed by atoms with Crippen LogP contribution in [0.3, 0.4) is 0 Å². The second-order valence-corrected chi connectivity index (χ2v) is 6.23. The van der Waals surface area contributed by atoms with Crippen LogP contribution >= 0.6 is 0 Å². The maximum Gasteiger partial charge on any atom is 0.0552 e. The van der Waals surface area contributed by atoms with E-state index in [0.29, 0.717) is 17.9 Å². The summed E-state index contributed by atoms with van der Waals surface area (Å²) in [7, 11) is 0. The molecule has 2 heterocycles. The van der Waals surface area contributed by atoms with Crippen LogP contribution in [0.4, 0.5) is 0 Å². The molecule has 0 aromatic carbocycles. The van der Waals surface area contributed by atoms with Gasteiger partial charge in [-0.1, -0.05) is 6.92 Å². The zero-order valence-electron chi connectivity index (χ0n) is 12.5. The van der Waals surface area contributed by atoms with Crippen molar-refractivity contribution in [3.63, 3.8) is 0 Å². The highest BCUT2D eigenvalue weighted by Gasteiger charge is 2.31. The van der Waals surface area contributed by atoms with Crippen molar-refractivity contribution in [3.05, 3.63) is 0 Å². The molecule has 2 N–H and O–H groups in total. The first kappa shape index (κ1) is 15.2. The molecule has 2 rings (SSSR count). The molecule has 0 bridgehead atoms. The first-order valence-electron chi connectivity index (χ1n) is 7.92. The number of ether oxygens (including phenoxy) is 1. The molecule has 112 valence electrons. The van der Waals surface area contributed by atoms with Crippen molar-refractivity contribution < 1.29 is 9.84 Å². The maximum atomic E-state index is 9.68. The third kappa shape index (κ3) is 4.42. The van der Waals surface area contributed by atoms with Gasteiger partial charge in [0, 0.05) is 31.7 Å². The normalized spacial score (nSPS) is 34.6. The molecule has 2 aliphatic rings. The third-order valence-electron chi connectivity index (χ3n) is 4.61. The lowest BCUT2D eigenvalue weighted by Crippen LogP contribution is -2.47. The summed E-state index contributed by atoms with van der Waals surface area (Å²) in [5, 5.41) is 13.4. The average Bonchev–Trinajstić information content (AvgIpc) is 2.86. The lowest BCUT2D eigenvalue weighted by Gasteiger charge is -2.35. The second-order valence-electron chi connectivity index (χ2n) is 6.23. The Balaban J connectivity index is 1.79. The first-order chi connectivity index (χ1) is 9.20. The summed E-state index contributed by atoms with van der Waals surface area (Å²) < 4.78 is 5.66. The number of likely N-dealkylation sites (tertiary alicyclic amines) is 1. The molecular weight excluding hydrogens is 240 g/mol. The average molecular weight is 270 g/mol. The predicted molar refractivity (Wildman–Crippen MR) is 77.2 cm³/mol. The molecule has 0 amide bonds. The SMILES string of the molecule is CCCNC1CCOCC1CN1CCC(C(C)O)C1. The van der Waals surface area contributed by atoms with Crippen molar-refractivity contribution in [2.75, 3.05) is 39.4 Å². The summed E-state index contributed by atoms with van der Waals surface area (Å²) in [4.78, 5) is 2.51. The van der Waals surface area contributed by atoms with Crippen LogP contribution in [0.15, 0.2) is 0 Å². The zero-order valence-corrected chi connectivity index (χ0v) is 12.5. The lowest BCUT2D eigenvalue weighted by molar-refractivity contribution is 0.0181. The fraction of sp³-hybridized carbons (Fsp3) is 1.00. The summed E-state index contributed by atoms with van der Waals surface area (Å²) in [6.45, 7) is 10.3. The zero-order chi connectivity index (χ0) is 13.7. The van der Waals surface area contributed by atoms with Gasteiger partial charge in [-0.2, -0.15) is 0 Å². The van der Waals surface area contributed by atoms with Crippen LogP contribution in [0.5, 0.6) is 0 Å². The van der Waals surface area contributed by atoms with Gasteiger partial charge in [-0.15, -0.1) is 0 Å². The Morgan fingerprint density at radius 2 is 2.26 bits per heavy atom. The maximum absolute atomic E-state index is 9.68. The Morgan fingerprint density at radius 3 is 2.95 bits per heavy atom. The van der Waals surface area contributed by atoms with Gasteiger partial charge in [-0.3, -0.25) is 0 Å². The fourth-order valence-corrected chi connectivity index (χ4v) is 3.33. The van der Waals surface area contributed by atoms with Crippen molar-refractivity contribution in [2.24, 2.45) is 11.8 Å². The summed E-state index contributed by atoms with van der Waals surface area (Å²) in [5.74, 6) is 1.07. The van der Waals surface area contributed by atoms with Gasteiger partial charge in [-0.25, -0.2) is 0 Å². The molecule has 4 atom stereocenters. The van der Waals surface area contributed by atoms with Crippen molar-refractivity contribution in [3.8, 4) is 0 Å². The summed E-state index contributed by atoms with van der Waals surface area (Å²) >= 11 is 0. The predicted octanol–water partition coefficient (Wildman–Crippen LogP) is 1.09. The molecule has 4 unspecified atom stereocenters. The van der Waals surface area contributed by atoms with E-state index in [1.807, 2.05) is 6.92 Å². The molecule has 0 aromatic heterocycles. The molecule has 2 saturated heterocycles. The van der Waals surface area contributed by atoms with Crippen molar-refractivity contribution in [2.45, 2.75) is 45.3 Å². The Morgan fingerprint density at radius 1 is 1.42 bits per heavy atom. The Kier molecular flexibility index (Phi) is 6.07. The lowest BCUT2D eigenvalue weighted by atomic mass is 9.95. The molecular formula is C15H30N2O2. The van der Waals surface area contributed by atoms with Crippen molar-refractivity contribution in [1.29, 1.82) is 0 Å². The van der Waals surface area contributed by atoms with Gasteiger partial charge >= 0.3 is 0 Å². The van der Waals surface area contributed by atoms with E-state index in [0.717, 1.165) is 52.2 Å². The Bertz CT molecular complexity index is 261. The topological polar surface area (TPSA) is 44.7 Å². The highest BCUT2D eigenvalue weighted by atomic mass is 16.5. The van der Waals surface area contributed by atoms with Crippen LogP contribution in [0, 0.1) is 11.8 Å². The molecule has 19 heavy (non-hydrogen) atoms. The largest absolute Gasteiger partial charge is 0.393 e. The van der Waals surface area contributed by atoms with Gasteiger partial charge < -0.3 is 20.1 Å².